The van der Waals surface area contributed by atoms with E-state index in [1.807, 2.05) is 13.8 Å². The van der Waals surface area contributed by atoms with Crippen LogP contribution in [0.4, 0.5) is 5.69 Å². The zero-order valence-electron chi connectivity index (χ0n) is 13.1. The summed E-state index contributed by atoms with van der Waals surface area (Å²) in [6.45, 7) is 6.35. The summed E-state index contributed by atoms with van der Waals surface area (Å²) in [7, 11) is 0. The molecule has 8 heteroatoms. The molecule has 0 aliphatic carbocycles. The second-order valence-electron chi connectivity index (χ2n) is 4.89. The molecule has 7 nitrogen and oxygen atoms in total. The van der Waals surface area contributed by atoms with E-state index in [9.17, 15) is 14.9 Å². The number of carbonyl (C=O) groups excluding carboxylic acids is 1. The van der Waals surface area contributed by atoms with Crippen molar-refractivity contribution in [3.63, 3.8) is 0 Å². The maximum atomic E-state index is 11.3. The van der Waals surface area contributed by atoms with Gasteiger partial charge in [-0.2, -0.15) is 12.6 Å². The third kappa shape index (κ3) is 5.66. The highest BCUT2D eigenvalue weighted by Gasteiger charge is 2.21. The van der Waals surface area contributed by atoms with E-state index in [1.54, 1.807) is 12.1 Å². The average molecular weight is 339 g/mol. The summed E-state index contributed by atoms with van der Waals surface area (Å²) >= 11 is 4.50. The zero-order valence-corrected chi connectivity index (χ0v) is 14.0. The Labute approximate surface area is 140 Å². The summed E-state index contributed by atoms with van der Waals surface area (Å²) in [6, 6.07) is 4.71. The third-order valence-electron chi connectivity index (χ3n) is 3.47. The summed E-state index contributed by atoms with van der Waals surface area (Å²) in [5.41, 5.74) is 2.45. The lowest BCUT2D eigenvalue weighted by molar-refractivity contribution is -0.385. The molecule has 1 aromatic carbocycles. The van der Waals surface area contributed by atoms with Gasteiger partial charge in [0.25, 0.3) is 11.6 Å². The monoisotopic (exact) mass is 339 g/mol. The van der Waals surface area contributed by atoms with Gasteiger partial charge in [-0.15, -0.1) is 0 Å². The molecule has 0 aliphatic rings. The second-order valence-corrected chi connectivity index (χ2v) is 5.51. The molecule has 0 radical (unpaired) electrons. The molecule has 0 aromatic heterocycles. The number of amides is 1. The molecule has 0 saturated heterocycles. The number of nitrogens with one attached hydrogen (secondary N) is 1. The fraction of sp³-hybridized carbons (Fsp3) is 0.400. The van der Waals surface area contributed by atoms with Gasteiger partial charge in [-0.1, -0.05) is 26.0 Å². The number of likely N-dealkylation sites (N-methyl/N-ethyl adjacent to an activating group) is 1. The van der Waals surface area contributed by atoms with Crippen LogP contribution in [0.25, 0.3) is 6.08 Å². The highest BCUT2D eigenvalue weighted by Crippen LogP contribution is 2.31. The van der Waals surface area contributed by atoms with Crippen molar-refractivity contribution in [2.45, 2.75) is 19.1 Å². The minimum atomic E-state index is -0.703. The molecule has 0 fully saturated rings. The molecule has 1 aromatic rings. The van der Waals surface area contributed by atoms with Gasteiger partial charge >= 0.3 is 0 Å². The standard InChI is InChI=1S/C15H21N3O4S/c1-3-17(4-2)10-14(23)12-7-5-11(6-8-15(19)16-20)9-13(12)18(21)22/h5-9,14,20,23H,3-4,10H2,1-2H3,(H,16,19)/b8-6+. The van der Waals surface area contributed by atoms with Crippen LogP contribution in [0.5, 0.6) is 0 Å². The average Bonchev–Trinajstić information content (AvgIpc) is 2.56. The largest absolute Gasteiger partial charge is 0.302 e. The molecule has 1 unspecified atom stereocenters. The normalized spacial score (nSPS) is 12.6. The molecule has 0 heterocycles. The maximum Gasteiger partial charge on any atom is 0.274 e. The number of hydrogen-bond acceptors (Lipinski definition) is 6. The van der Waals surface area contributed by atoms with Gasteiger partial charge in [-0.05, 0) is 24.7 Å². The lowest BCUT2D eigenvalue weighted by Gasteiger charge is -2.22. The van der Waals surface area contributed by atoms with Crippen LogP contribution in [0, 0.1) is 10.1 Å². The Morgan fingerprint density at radius 2 is 2.13 bits per heavy atom. The summed E-state index contributed by atoms with van der Waals surface area (Å²) < 4.78 is 0. The SMILES string of the molecule is CCN(CC)CC(S)c1ccc(/C=C/C(=O)NO)cc1[N+](=O)[O-]. The van der Waals surface area contributed by atoms with Crippen molar-refractivity contribution < 1.29 is 14.9 Å². The van der Waals surface area contributed by atoms with E-state index in [-0.39, 0.29) is 10.9 Å². The molecule has 1 atom stereocenters. The van der Waals surface area contributed by atoms with E-state index in [0.29, 0.717) is 17.7 Å². The first-order chi connectivity index (χ1) is 10.9. The van der Waals surface area contributed by atoms with Gasteiger partial charge in [-0.3, -0.25) is 20.1 Å². The number of nitro benzene ring substituents is 1. The van der Waals surface area contributed by atoms with E-state index in [1.165, 1.54) is 17.6 Å². The molecule has 1 rings (SSSR count). The van der Waals surface area contributed by atoms with E-state index >= 15 is 0 Å². The minimum absolute atomic E-state index is 0.0382. The molecular weight excluding hydrogens is 318 g/mol. The fourth-order valence-electron chi connectivity index (χ4n) is 2.14. The van der Waals surface area contributed by atoms with E-state index in [4.69, 9.17) is 5.21 Å². The van der Waals surface area contributed by atoms with Crippen LogP contribution in [0.1, 0.15) is 30.2 Å². The number of nitrogens with zero attached hydrogens (tertiary/aromatic N) is 2. The first kappa shape index (κ1) is 19.1. The van der Waals surface area contributed by atoms with Gasteiger partial charge in [0.05, 0.1) is 4.92 Å². The number of rotatable bonds is 8. The van der Waals surface area contributed by atoms with Crippen LogP contribution in [-0.2, 0) is 4.79 Å². The number of carbonyl (C=O) groups is 1. The smallest absolute Gasteiger partial charge is 0.274 e. The van der Waals surface area contributed by atoms with Crippen LogP contribution in [0.2, 0.25) is 0 Å². The van der Waals surface area contributed by atoms with Gasteiger partial charge in [0.1, 0.15) is 0 Å². The fourth-order valence-corrected chi connectivity index (χ4v) is 2.59. The molecular formula is C15H21N3O4S. The Balaban J connectivity index is 3.07. The number of hydrogen-bond donors (Lipinski definition) is 3. The van der Waals surface area contributed by atoms with Gasteiger partial charge in [-0.25, -0.2) is 5.48 Å². The van der Waals surface area contributed by atoms with Crippen LogP contribution in [0.3, 0.4) is 0 Å². The van der Waals surface area contributed by atoms with E-state index < -0.39 is 10.8 Å². The highest BCUT2D eigenvalue weighted by atomic mass is 32.1. The second kappa shape index (κ2) is 9.29. The van der Waals surface area contributed by atoms with Crippen molar-refractivity contribution in [2.75, 3.05) is 19.6 Å². The molecule has 0 spiro atoms. The Hall–Kier alpha value is -1.90. The van der Waals surface area contributed by atoms with Crippen LogP contribution < -0.4 is 5.48 Å². The predicted octanol–water partition coefficient (Wildman–Crippen LogP) is 2.43. The van der Waals surface area contributed by atoms with Crippen molar-refractivity contribution in [2.24, 2.45) is 0 Å². The number of hydroxylamine groups is 1. The Morgan fingerprint density at radius 1 is 1.48 bits per heavy atom. The highest BCUT2D eigenvalue weighted by molar-refractivity contribution is 7.80. The van der Waals surface area contributed by atoms with Crippen LogP contribution >= 0.6 is 12.6 Å². The van der Waals surface area contributed by atoms with Gasteiger partial charge in [0, 0.05) is 29.5 Å². The van der Waals surface area contributed by atoms with Crippen molar-refractivity contribution in [3.05, 3.63) is 45.5 Å². The van der Waals surface area contributed by atoms with Crippen molar-refractivity contribution in [1.29, 1.82) is 0 Å². The summed E-state index contributed by atoms with van der Waals surface area (Å²) in [5, 5.41) is 19.5. The molecule has 0 saturated carbocycles. The summed E-state index contributed by atoms with van der Waals surface area (Å²) in [4.78, 5) is 24.0. The molecule has 1 amide bonds. The van der Waals surface area contributed by atoms with Crippen molar-refractivity contribution >= 4 is 30.3 Å². The van der Waals surface area contributed by atoms with Gasteiger partial charge in [0.15, 0.2) is 0 Å². The Kier molecular flexibility index (Phi) is 7.73. The number of benzene rings is 1. The van der Waals surface area contributed by atoms with Crippen molar-refractivity contribution in [1.82, 2.24) is 10.4 Å². The van der Waals surface area contributed by atoms with E-state index in [0.717, 1.165) is 19.2 Å². The minimum Gasteiger partial charge on any atom is -0.302 e. The van der Waals surface area contributed by atoms with E-state index in [2.05, 4.69) is 17.5 Å². The van der Waals surface area contributed by atoms with Crippen molar-refractivity contribution in [3.8, 4) is 0 Å². The zero-order chi connectivity index (χ0) is 17.4. The molecule has 0 bridgehead atoms. The summed E-state index contributed by atoms with van der Waals surface area (Å²) in [5.74, 6) is -0.703. The topological polar surface area (TPSA) is 95.7 Å². The molecule has 0 aliphatic heterocycles. The maximum absolute atomic E-state index is 11.3. The first-order valence-corrected chi connectivity index (χ1v) is 7.75. The van der Waals surface area contributed by atoms with Gasteiger partial charge < -0.3 is 4.90 Å². The summed E-state index contributed by atoms with van der Waals surface area (Å²) in [6.07, 6.45) is 2.48. The lowest BCUT2D eigenvalue weighted by atomic mass is 10.0. The predicted molar refractivity (Wildman–Crippen MR) is 91.6 cm³/mol. The first-order valence-electron chi connectivity index (χ1n) is 7.23. The quantitative estimate of drug-likeness (QED) is 0.222. The Morgan fingerprint density at radius 3 is 2.65 bits per heavy atom. The Bertz CT molecular complexity index is 588. The number of thiol groups is 1. The number of nitro groups is 1. The molecule has 23 heavy (non-hydrogen) atoms. The van der Waals surface area contributed by atoms with Crippen LogP contribution in [-0.4, -0.2) is 40.6 Å². The van der Waals surface area contributed by atoms with Crippen LogP contribution in [0.15, 0.2) is 24.3 Å². The molecule has 126 valence electrons. The van der Waals surface area contributed by atoms with Gasteiger partial charge in [0.2, 0.25) is 0 Å². The molecule has 2 N–H and O–H groups in total. The third-order valence-corrected chi connectivity index (χ3v) is 3.91. The lowest BCUT2D eigenvalue weighted by Crippen LogP contribution is -2.26.